The molecule has 0 spiro atoms. The number of ether oxygens (including phenoxy) is 1. The lowest BCUT2D eigenvalue weighted by molar-refractivity contribution is -0.135. The summed E-state index contributed by atoms with van der Waals surface area (Å²) in [5.74, 6) is 0.949. The molecular weight excluding hydrogens is 294 g/mol. The van der Waals surface area contributed by atoms with Crippen LogP contribution in [-0.2, 0) is 9.53 Å². The Morgan fingerprint density at radius 1 is 1.52 bits per heavy atom. The Morgan fingerprint density at radius 2 is 2.24 bits per heavy atom. The number of carbonyl (C=O) groups is 1. The number of hydrogen-bond acceptors (Lipinski definition) is 6. The summed E-state index contributed by atoms with van der Waals surface area (Å²) in [5, 5.41) is 6.45. The van der Waals surface area contributed by atoms with Crippen LogP contribution >= 0.6 is 11.6 Å². The van der Waals surface area contributed by atoms with Gasteiger partial charge in [0.15, 0.2) is 5.82 Å². The van der Waals surface area contributed by atoms with Gasteiger partial charge in [0.1, 0.15) is 11.1 Å². The Morgan fingerprint density at radius 3 is 2.90 bits per heavy atom. The molecule has 2 N–H and O–H groups in total. The van der Waals surface area contributed by atoms with E-state index in [-0.39, 0.29) is 5.91 Å². The van der Waals surface area contributed by atoms with Gasteiger partial charge in [-0.1, -0.05) is 11.6 Å². The van der Waals surface area contributed by atoms with Crippen LogP contribution in [0, 0.1) is 0 Å². The predicted molar refractivity (Wildman–Crippen MR) is 81.7 cm³/mol. The van der Waals surface area contributed by atoms with Crippen LogP contribution in [0.2, 0.25) is 5.02 Å². The first-order chi connectivity index (χ1) is 10.1. The number of anilines is 2. The molecule has 0 aliphatic carbocycles. The Balaban J connectivity index is 2.02. The van der Waals surface area contributed by atoms with E-state index >= 15 is 0 Å². The fourth-order valence-corrected chi connectivity index (χ4v) is 2.18. The maximum absolute atomic E-state index is 12.3. The Hall–Kier alpha value is -1.60. The molecule has 1 fully saturated rings. The molecule has 1 unspecified atom stereocenters. The van der Waals surface area contributed by atoms with Crippen LogP contribution in [0.15, 0.2) is 6.20 Å². The van der Waals surface area contributed by atoms with E-state index in [9.17, 15) is 4.79 Å². The van der Waals surface area contributed by atoms with Crippen molar-refractivity contribution in [3.05, 3.63) is 11.2 Å². The van der Waals surface area contributed by atoms with Crippen molar-refractivity contribution >= 4 is 29.3 Å². The van der Waals surface area contributed by atoms with Gasteiger partial charge in [-0.25, -0.2) is 4.98 Å². The second-order valence-corrected chi connectivity index (χ2v) is 5.13. The Bertz CT molecular complexity index is 493. The lowest BCUT2D eigenvalue weighted by Gasteiger charge is -2.29. The van der Waals surface area contributed by atoms with E-state index in [1.807, 2.05) is 6.92 Å². The van der Waals surface area contributed by atoms with Gasteiger partial charge >= 0.3 is 0 Å². The minimum absolute atomic E-state index is 0.0120. The zero-order valence-electron chi connectivity index (χ0n) is 12.2. The van der Waals surface area contributed by atoms with Crippen LogP contribution in [0.25, 0.3) is 0 Å². The molecule has 1 saturated heterocycles. The van der Waals surface area contributed by atoms with Gasteiger partial charge in [0, 0.05) is 19.6 Å². The molecule has 7 nitrogen and oxygen atoms in total. The number of aromatic nitrogens is 2. The summed E-state index contributed by atoms with van der Waals surface area (Å²) in [4.78, 5) is 22.4. The third-order valence-corrected chi connectivity index (χ3v) is 3.40. The van der Waals surface area contributed by atoms with E-state index in [1.54, 1.807) is 11.8 Å². The number of nitrogens with one attached hydrogen (secondary N) is 2. The maximum Gasteiger partial charge on any atom is 0.244 e. The molecule has 8 heteroatoms. The van der Waals surface area contributed by atoms with Gasteiger partial charge in [0.05, 0.1) is 19.4 Å². The first kappa shape index (κ1) is 15.8. The fraction of sp³-hybridized carbons (Fsp3) is 0.615. The minimum Gasteiger partial charge on any atom is -0.378 e. The van der Waals surface area contributed by atoms with Gasteiger partial charge < -0.3 is 20.3 Å². The highest BCUT2D eigenvalue weighted by Crippen LogP contribution is 2.20. The molecule has 0 radical (unpaired) electrons. The highest BCUT2D eigenvalue weighted by molar-refractivity contribution is 6.32. The number of amides is 1. The van der Waals surface area contributed by atoms with E-state index < -0.39 is 6.04 Å². The monoisotopic (exact) mass is 313 g/mol. The van der Waals surface area contributed by atoms with Crippen molar-refractivity contribution in [2.45, 2.75) is 19.9 Å². The van der Waals surface area contributed by atoms with Gasteiger partial charge in [-0.05, 0) is 13.8 Å². The van der Waals surface area contributed by atoms with Crippen LogP contribution in [0.4, 0.5) is 11.8 Å². The average Bonchev–Trinajstić information content (AvgIpc) is 2.51. The van der Waals surface area contributed by atoms with E-state index in [0.717, 1.165) is 0 Å². The van der Waals surface area contributed by atoms with E-state index in [0.29, 0.717) is 49.6 Å². The summed E-state index contributed by atoms with van der Waals surface area (Å²) < 4.78 is 5.25. The Labute approximate surface area is 129 Å². The molecule has 1 amide bonds. The molecule has 116 valence electrons. The molecule has 1 atom stereocenters. The van der Waals surface area contributed by atoms with Gasteiger partial charge in [-0.3, -0.25) is 4.79 Å². The van der Waals surface area contributed by atoms with Crippen LogP contribution in [0.5, 0.6) is 0 Å². The summed E-state index contributed by atoms with van der Waals surface area (Å²) in [6.07, 6.45) is 1.51. The van der Waals surface area contributed by atoms with E-state index in [4.69, 9.17) is 16.3 Å². The molecule has 1 aromatic heterocycles. The number of carbonyl (C=O) groups excluding carboxylic acids is 1. The molecule has 1 aliphatic heterocycles. The lowest BCUT2D eigenvalue weighted by atomic mass is 10.2. The van der Waals surface area contributed by atoms with Gasteiger partial charge in [0.25, 0.3) is 0 Å². The number of hydrogen-bond donors (Lipinski definition) is 2. The van der Waals surface area contributed by atoms with Crippen molar-refractivity contribution in [1.82, 2.24) is 14.9 Å². The quantitative estimate of drug-likeness (QED) is 0.851. The summed E-state index contributed by atoms with van der Waals surface area (Å²) in [6, 6.07) is -0.412. The fourth-order valence-electron chi connectivity index (χ4n) is 2.04. The molecule has 0 saturated carbocycles. The van der Waals surface area contributed by atoms with Gasteiger partial charge in [-0.2, -0.15) is 4.98 Å². The number of halogens is 1. The SMILES string of the molecule is CCNc1ncc(Cl)c(NC(C)C(=O)N2CCOCC2)n1. The third-order valence-electron chi connectivity index (χ3n) is 3.13. The molecule has 1 aliphatic rings. The van der Waals surface area contributed by atoms with E-state index in [2.05, 4.69) is 20.6 Å². The first-order valence-electron chi connectivity index (χ1n) is 7.01. The van der Waals surface area contributed by atoms with Crippen LogP contribution < -0.4 is 10.6 Å². The topological polar surface area (TPSA) is 79.4 Å². The van der Waals surface area contributed by atoms with Crippen molar-refractivity contribution in [2.24, 2.45) is 0 Å². The zero-order chi connectivity index (χ0) is 15.2. The highest BCUT2D eigenvalue weighted by atomic mass is 35.5. The van der Waals surface area contributed by atoms with Crippen molar-refractivity contribution in [1.29, 1.82) is 0 Å². The third kappa shape index (κ3) is 4.18. The summed E-state index contributed by atoms with van der Waals surface area (Å²) >= 11 is 6.07. The molecule has 0 bridgehead atoms. The summed E-state index contributed by atoms with van der Waals surface area (Å²) in [6.45, 7) is 6.85. The average molecular weight is 314 g/mol. The number of nitrogens with zero attached hydrogens (tertiary/aromatic N) is 3. The largest absolute Gasteiger partial charge is 0.378 e. The zero-order valence-corrected chi connectivity index (χ0v) is 13.0. The second kappa shape index (κ2) is 7.42. The number of morpholine rings is 1. The smallest absolute Gasteiger partial charge is 0.244 e. The van der Waals surface area contributed by atoms with Crippen molar-refractivity contribution in [3.8, 4) is 0 Å². The van der Waals surface area contributed by atoms with Crippen LogP contribution in [-0.4, -0.2) is 59.7 Å². The predicted octanol–water partition coefficient (Wildman–Crippen LogP) is 1.22. The minimum atomic E-state index is -0.412. The second-order valence-electron chi connectivity index (χ2n) is 4.72. The van der Waals surface area contributed by atoms with Crippen LogP contribution in [0.3, 0.4) is 0 Å². The molecule has 2 rings (SSSR count). The van der Waals surface area contributed by atoms with Gasteiger partial charge in [-0.15, -0.1) is 0 Å². The van der Waals surface area contributed by atoms with Gasteiger partial charge in [0.2, 0.25) is 11.9 Å². The van der Waals surface area contributed by atoms with Crippen LogP contribution in [0.1, 0.15) is 13.8 Å². The highest BCUT2D eigenvalue weighted by Gasteiger charge is 2.23. The number of rotatable bonds is 5. The lowest BCUT2D eigenvalue weighted by Crippen LogP contribution is -2.47. The Kier molecular flexibility index (Phi) is 5.58. The molecule has 21 heavy (non-hydrogen) atoms. The van der Waals surface area contributed by atoms with Crippen molar-refractivity contribution in [2.75, 3.05) is 43.5 Å². The van der Waals surface area contributed by atoms with Crippen molar-refractivity contribution < 1.29 is 9.53 Å². The maximum atomic E-state index is 12.3. The van der Waals surface area contributed by atoms with E-state index in [1.165, 1.54) is 6.20 Å². The summed E-state index contributed by atoms with van der Waals surface area (Å²) in [7, 11) is 0. The molecule has 2 heterocycles. The summed E-state index contributed by atoms with van der Waals surface area (Å²) in [5.41, 5.74) is 0. The molecule has 1 aromatic rings. The molecular formula is C13H20ClN5O2. The first-order valence-corrected chi connectivity index (χ1v) is 7.39. The van der Waals surface area contributed by atoms with Crippen molar-refractivity contribution in [3.63, 3.8) is 0 Å². The molecule has 0 aromatic carbocycles. The normalized spacial score (nSPS) is 16.4. The standard InChI is InChI=1S/C13H20ClN5O2/c1-3-15-13-16-8-10(14)11(18-13)17-9(2)12(20)19-4-6-21-7-5-19/h8-9H,3-7H2,1-2H3,(H2,15,16,17,18).